The largest absolute Gasteiger partial charge is 0.461 e. The fraction of sp³-hybridized carbons (Fsp3) is 0.250. The quantitative estimate of drug-likeness (QED) is 0.420. The number of likely N-dealkylation sites (tertiary alicyclic amines) is 1. The molecule has 4 aromatic rings. The van der Waals surface area contributed by atoms with Crippen molar-refractivity contribution in [1.29, 1.82) is 0 Å². The maximum atomic E-state index is 13.0. The standard InChI is InChI=1S/C24H22N2O2S/c27-23(15-13-18-12-14-21(28-18)17-7-2-1-3-8-17)26-16-6-10-20(26)24-25-19-9-4-5-11-22(19)29-24/h1-5,7-9,11-12,14,20H,6,10,13,15-16H2. The lowest BCUT2D eigenvalue weighted by atomic mass is 10.2. The highest BCUT2D eigenvalue weighted by Gasteiger charge is 2.32. The molecule has 1 atom stereocenters. The second-order valence-electron chi connectivity index (χ2n) is 7.40. The van der Waals surface area contributed by atoms with E-state index in [4.69, 9.17) is 9.40 Å². The Hall–Kier alpha value is -2.92. The van der Waals surface area contributed by atoms with Crippen LogP contribution in [0.5, 0.6) is 0 Å². The molecule has 0 N–H and O–H groups in total. The van der Waals surface area contributed by atoms with E-state index in [1.54, 1.807) is 11.3 Å². The monoisotopic (exact) mass is 402 g/mol. The number of benzene rings is 2. The second kappa shape index (κ2) is 7.84. The molecule has 1 saturated heterocycles. The molecule has 1 unspecified atom stereocenters. The fourth-order valence-electron chi connectivity index (χ4n) is 4.00. The Morgan fingerprint density at radius 3 is 2.76 bits per heavy atom. The summed E-state index contributed by atoms with van der Waals surface area (Å²) in [6.07, 6.45) is 3.10. The molecule has 0 bridgehead atoms. The summed E-state index contributed by atoms with van der Waals surface area (Å²) in [4.78, 5) is 19.8. The van der Waals surface area contributed by atoms with E-state index >= 15 is 0 Å². The SMILES string of the molecule is O=C(CCc1ccc(-c2ccccc2)o1)N1CCCC1c1nc2ccccc2s1. The molecular formula is C24H22N2O2S. The molecule has 4 nitrogen and oxygen atoms in total. The number of aromatic nitrogens is 1. The Bertz CT molecular complexity index is 1100. The fourth-order valence-corrected chi connectivity index (χ4v) is 5.11. The van der Waals surface area contributed by atoms with Crippen molar-refractivity contribution in [2.75, 3.05) is 6.54 Å². The Balaban J connectivity index is 1.26. The van der Waals surface area contributed by atoms with Crippen molar-refractivity contribution in [3.63, 3.8) is 0 Å². The van der Waals surface area contributed by atoms with Gasteiger partial charge in [0, 0.05) is 24.9 Å². The van der Waals surface area contributed by atoms with E-state index in [2.05, 4.69) is 6.07 Å². The van der Waals surface area contributed by atoms with Gasteiger partial charge >= 0.3 is 0 Å². The zero-order valence-electron chi connectivity index (χ0n) is 16.1. The van der Waals surface area contributed by atoms with Gasteiger partial charge in [-0.25, -0.2) is 4.98 Å². The third-order valence-electron chi connectivity index (χ3n) is 5.47. The molecule has 0 saturated carbocycles. The molecule has 1 fully saturated rings. The van der Waals surface area contributed by atoms with E-state index in [1.807, 2.05) is 65.6 Å². The Morgan fingerprint density at radius 2 is 1.90 bits per heavy atom. The maximum Gasteiger partial charge on any atom is 0.223 e. The van der Waals surface area contributed by atoms with E-state index in [0.717, 1.165) is 47.0 Å². The predicted octanol–water partition coefficient (Wildman–Crippen LogP) is 5.85. The van der Waals surface area contributed by atoms with E-state index < -0.39 is 0 Å². The zero-order chi connectivity index (χ0) is 19.6. The van der Waals surface area contributed by atoms with Gasteiger partial charge in [-0.15, -0.1) is 11.3 Å². The number of para-hydroxylation sites is 1. The van der Waals surface area contributed by atoms with Crippen LogP contribution < -0.4 is 0 Å². The molecule has 5 heteroatoms. The number of hydrogen-bond acceptors (Lipinski definition) is 4. The first kappa shape index (κ1) is 18.1. The smallest absolute Gasteiger partial charge is 0.223 e. The minimum Gasteiger partial charge on any atom is -0.461 e. The highest BCUT2D eigenvalue weighted by atomic mass is 32.1. The number of nitrogens with zero attached hydrogens (tertiary/aromatic N) is 2. The molecule has 1 aliphatic rings. The summed E-state index contributed by atoms with van der Waals surface area (Å²) in [6.45, 7) is 0.812. The van der Waals surface area contributed by atoms with Crippen LogP contribution >= 0.6 is 11.3 Å². The summed E-state index contributed by atoms with van der Waals surface area (Å²) in [5, 5.41) is 1.06. The molecule has 1 amide bonds. The van der Waals surface area contributed by atoms with Gasteiger partial charge in [0.2, 0.25) is 5.91 Å². The number of carbonyl (C=O) groups excluding carboxylic acids is 1. The molecule has 1 aliphatic heterocycles. The second-order valence-corrected chi connectivity index (χ2v) is 8.46. The number of thiazole rings is 1. The number of hydrogen-bond donors (Lipinski definition) is 0. The van der Waals surface area contributed by atoms with Crippen LogP contribution in [-0.2, 0) is 11.2 Å². The van der Waals surface area contributed by atoms with Gasteiger partial charge in [0.1, 0.15) is 16.5 Å². The number of aryl methyl sites for hydroxylation is 1. The molecule has 3 heterocycles. The van der Waals surface area contributed by atoms with Gasteiger partial charge in [0.15, 0.2) is 0 Å². The van der Waals surface area contributed by atoms with Crippen LogP contribution in [-0.4, -0.2) is 22.3 Å². The molecule has 0 radical (unpaired) electrons. The van der Waals surface area contributed by atoms with Crippen LogP contribution in [0.25, 0.3) is 21.5 Å². The zero-order valence-corrected chi connectivity index (χ0v) is 16.9. The molecule has 2 aromatic heterocycles. The van der Waals surface area contributed by atoms with E-state index in [1.165, 1.54) is 4.70 Å². The van der Waals surface area contributed by atoms with E-state index in [-0.39, 0.29) is 11.9 Å². The number of amides is 1. The van der Waals surface area contributed by atoms with E-state index in [0.29, 0.717) is 12.8 Å². The predicted molar refractivity (Wildman–Crippen MR) is 116 cm³/mol. The molecule has 2 aromatic carbocycles. The summed E-state index contributed by atoms with van der Waals surface area (Å²) in [7, 11) is 0. The van der Waals surface area contributed by atoms with Crippen molar-refractivity contribution in [3.05, 3.63) is 77.5 Å². The van der Waals surface area contributed by atoms with Crippen molar-refractivity contribution in [1.82, 2.24) is 9.88 Å². The average molecular weight is 403 g/mol. The Labute approximate surface area is 173 Å². The van der Waals surface area contributed by atoms with Crippen LogP contribution in [0.1, 0.15) is 36.1 Å². The van der Waals surface area contributed by atoms with Crippen LogP contribution in [0.15, 0.2) is 71.1 Å². The van der Waals surface area contributed by atoms with Crippen molar-refractivity contribution in [2.24, 2.45) is 0 Å². The highest BCUT2D eigenvalue weighted by molar-refractivity contribution is 7.18. The first-order valence-corrected chi connectivity index (χ1v) is 10.9. The van der Waals surface area contributed by atoms with Gasteiger partial charge in [-0.2, -0.15) is 0 Å². The first-order chi connectivity index (χ1) is 14.3. The van der Waals surface area contributed by atoms with Crippen LogP contribution in [0.2, 0.25) is 0 Å². The number of furan rings is 1. The van der Waals surface area contributed by atoms with Crippen molar-refractivity contribution in [2.45, 2.75) is 31.7 Å². The first-order valence-electron chi connectivity index (χ1n) is 10.1. The van der Waals surface area contributed by atoms with Gasteiger partial charge in [0.05, 0.1) is 16.3 Å². The molecule has 5 rings (SSSR count). The highest BCUT2D eigenvalue weighted by Crippen LogP contribution is 2.37. The summed E-state index contributed by atoms with van der Waals surface area (Å²) < 4.78 is 7.14. The number of carbonyl (C=O) groups is 1. The van der Waals surface area contributed by atoms with Gasteiger partial charge < -0.3 is 9.32 Å². The van der Waals surface area contributed by atoms with Crippen LogP contribution in [0.3, 0.4) is 0 Å². The minimum absolute atomic E-state index is 0.108. The maximum absolute atomic E-state index is 13.0. The van der Waals surface area contributed by atoms with Gasteiger partial charge in [0.25, 0.3) is 0 Å². The Kier molecular flexibility index (Phi) is 4.90. The minimum atomic E-state index is 0.108. The molecule has 0 aliphatic carbocycles. The molecule has 146 valence electrons. The van der Waals surface area contributed by atoms with Crippen molar-refractivity contribution >= 4 is 27.5 Å². The normalized spacial score (nSPS) is 16.6. The number of fused-ring (bicyclic) bond motifs is 1. The van der Waals surface area contributed by atoms with Crippen molar-refractivity contribution in [3.8, 4) is 11.3 Å². The molecule has 0 spiro atoms. The van der Waals surface area contributed by atoms with Crippen LogP contribution in [0, 0.1) is 0 Å². The summed E-state index contributed by atoms with van der Waals surface area (Å²) >= 11 is 1.71. The summed E-state index contributed by atoms with van der Waals surface area (Å²) in [5.41, 5.74) is 2.08. The topological polar surface area (TPSA) is 46.3 Å². The Morgan fingerprint density at radius 1 is 1.07 bits per heavy atom. The van der Waals surface area contributed by atoms with Crippen LogP contribution in [0.4, 0.5) is 0 Å². The van der Waals surface area contributed by atoms with Gasteiger partial charge in [-0.3, -0.25) is 4.79 Å². The molecular weight excluding hydrogens is 380 g/mol. The molecule has 29 heavy (non-hydrogen) atoms. The van der Waals surface area contributed by atoms with Gasteiger partial charge in [-0.1, -0.05) is 42.5 Å². The van der Waals surface area contributed by atoms with Gasteiger partial charge in [-0.05, 0) is 37.1 Å². The third kappa shape index (κ3) is 3.70. The third-order valence-corrected chi connectivity index (χ3v) is 6.61. The lowest BCUT2D eigenvalue weighted by molar-refractivity contribution is -0.132. The summed E-state index contributed by atoms with van der Waals surface area (Å²) in [6, 6.07) is 22.3. The lowest BCUT2D eigenvalue weighted by Crippen LogP contribution is -2.30. The summed E-state index contributed by atoms with van der Waals surface area (Å²) in [5.74, 6) is 1.89. The number of rotatable bonds is 5. The van der Waals surface area contributed by atoms with Crippen molar-refractivity contribution < 1.29 is 9.21 Å². The average Bonchev–Trinajstić information content (AvgIpc) is 3.51. The lowest BCUT2D eigenvalue weighted by Gasteiger charge is -2.23. The van der Waals surface area contributed by atoms with E-state index in [9.17, 15) is 4.79 Å².